The Labute approximate surface area is 199 Å². The molecular weight excluding hydrogens is 478 g/mol. The lowest BCUT2D eigenvalue weighted by atomic mass is 9.97. The smallest absolute Gasteiger partial charge is 0.414 e. The number of halogens is 1. The summed E-state index contributed by atoms with van der Waals surface area (Å²) in [6.07, 6.45) is -7.86. The van der Waals surface area contributed by atoms with Crippen LogP contribution >= 0.6 is 11.6 Å². The van der Waals surface area contributed by atoms with E-state index in [9.17, 15) is 24.0 Å². The molecule has 186 valence electrons. The van der Waals surface area contributed by atoms with Crippen LogP contribution < -0.4 is 10.1 Å². The first-order valence-corrected chi connectivity index (χ1v) is 10.4. The van der Waals surface area contributed by atoms with Crippen molar-refractivity contribution in [1.29, 1.82) is 0 Å². The molecule has 0 radical (unpaired) electrons. The van der Waals surface area contributed by atoms with Crippen molar-refractivity contribution < 1.29 is 52.4 Å². The number of nitrogens with one attached hydrogen (secondary N) is 1. The Kier molecular flexibility index (Phi) is 9.63. The third kappa shape index (κ3) is 8.19. The lowest BCUT2D eigenvalue weighted by Crippen LogP contribution is -2.66. The van der Waals surface area contributed by atoms with Crippen LogP contribution in [0.3, 0.4) is 0 Å². The summed E-state index contributed by atoms with van der Waals surface area (Å²) >= 11 is 5.81. The number of ether oxygens (including phenoxy) is 6. The molecule has 0 unspecified atom stereocenters. The second kappa shape index (κ2) is 12.2. The topological polar surface area (TPSA) is 153 Å². The molecule has 1 heterocycles. The maximum Gasteiger partial charge on any atom is 0.414 e. The van der Waals surface area contributed by atoms with Crippen molar-refractivity contribution in [3.05, 3.63) is 29.3 Å². The van der Waals surface area contributed by atoms with Crippen molar-refractivity contribution >= 4 is 41.6 Å². The number of carbonyl (C=O) groups is 5. The highest BCUT2D eigenvalue weighted by Gasteiger charge is 2.52. The summed E-state index contributed by atoms with van der Waals surface area (Å²) in [6, 6.07) is 5.88. The van der Waals surface area contributed by atoms with E-state index in [4.69, 9.17) is 40.0 Å². The number of esters is 4. The van der Waals surface area contributed by atoms with Crippen LogP contribution in [0.4, 0.5) is 4.79 Å². The average molecular weight is 502 g/mol. The predicted molar refractivity (Wildman–Crippen MR) is 113 cm³/mol. The van der Waals surface area contributed by atoms with E-state index < -0.39 is 67.2 Å². The zero-order valence-electron chi connectivity index (χ0n) is 18.8. The van der Waals surface area contributed by atoms with Crippen LogP contribution in [-0.4, -0.2) is 67.2 Å². The summed E-state index contributed by atoms with van der Waals surface area (Å²) in [5.74, 6) is -2.89. The molecule has 0 aromatic heterocycles. The highest BCUT2D eigenvalue weighted by molar-refractivity contribution is 6.30. The van der Waals surface area contributed by atoms with Gasteiger partial charge in [0.25, 0.3) is 0 Å². The lowest BCUT2D eigenvalue weighted by molar-refractivity contribution is -0.255. The van der Waals surface area contributed by atoms with Crippen molar-refractivity contribution in [2.45, 2.75) is 58.3 Å². The van der Waals surface area contributed by atoms with Gasteiger partial charge in [-0.05, 0) is 24.3 Å². The fourth-order valence-corrected chi connectivity index (χ4v) is 3.23. The van der Waals surface area contributed by atoms with E-state index in [2.05, 4.69) is 5.32 Å². The van der Waals surface area contributed by atoms with Gasteiger partial charge in [0.2, 0.25) is 0 Å². The van der Waals surface area contributed by atoms with Gasteiger partial charge in [-0.3, -0.25) is 24.5 Å². The molecule has 0 saturated carbocycles. The minimum absolute atomic E-state index is 0.146. The summed E-state index contributed by atoms with van der Waals surface area (Å²) in [6.45, 7) is 3.99. The molecule has 0 spiro atoms. The predicted octanol–water partition coefficient (Wildman–Crippen LogP) is 1.51. The van der Waals surface area contributed by atoms with Gasteiger partial charge in [-0.25, -0.2) is 4.79 Å². The Morgan fingerprint density at radius 2 is 1.35 bits per heavy atom. The highest BCUT2D eigenvalue weighted by atomic mass is 35.5. The van der Waals surface area contributed by atoms with Gasteiger partial charge in [0.05, 0.1) is 0 Å². The van der Waals surface area contributed by atoms with Crippen LogP contribution in [0.5, 0.6) is 5.75 Å². The van der Waals surface area contributed by atoms with Crippen molar-refractivity contribution in [3.8, 4) is 5.75 Å². The zero-order valence-corrected chi connectivity index (χ0v) is 19.5. The lowest BCUT2D eigenvalue weighted by Gasteiger charge is -2.44. The summed E-state index contributed by atoms with van der Waals surface area (Å²) < 4.78 is 31.6. The zero-order chi connectivity index (χ0) is 25.4. The molecule has 1 aliphatic rings. The summed E-state index contributed by atoms with van der Waals surface area (Å²) in [7, 11) is 0. The number of benzene rings is 1. The first-order chi connectivity index (χ1) is 16.0. The molecule has 1 aromatic carbocycles. The monoisotopic (exact) mass is 501 g/mol. The van der Waals surface area contributed by atoms with Gasteiger partial charge in [0.1, 0.15) is 18.5 Å². The molecule has 1 aliphatic heterocycles. The SMILES string of the molecule is CC(=O)OC[C@H]1O[C@@H](NC(=O)Oc2ccc(Cl)cc2)[C@H](OC(C)=O)[C@@H](OC(C)=O)[C@H]1OC(C)=O. The van der Waals surface area contributed by atoms with Crippen molar-refractivity contribution in [1.82, 2.24) is 5.32 Å². The molecule has 5 atom stereocenters. The van der Waals surface area contributed by atoms with Gasteiger partial charge in [0.15, 0.2) is 24.5 Å². The van der Waals surface area contributed by atoms with Gasteiger partial charge >= 0.3 is 30.0 Å². The molecule has 13 heteroatoms. The minimum atomic E-state index is -1.45. The number of hydrogen-bond donors (Lipinski definition) is 1. The van der Waals surface area contributed by atoms with E-state index in [1.807, 2.05) is 0 Å². The molecular formula is C21H24ClNO11. The molecule has 1 aromatic rings. The van der Waals surface area contributed by atoms with Gasteiger partial charge in [-0.1, -0.05) is 11.6 Å². The van der Waals surface area contributed by atoms with Crippen LogP contribution in [0.25, 0.3) is 0 Å². The second-order valence-electron chi connectivity index (χ2n) is 7.11. The molecule has 1 amide bonds. The summed E-state index contributed by atoms with van der Waals surface area (Å²) in [4.78, 5) is 59.1. The molecule has 1 saturated heterocycles. The van der Waals surface area contributed by atoms with E-state index in [-0.39, 0.29) is 5.75 Å². The quantitative estimate of drug-likeness (QED) is 0.427. The Balaban J connectivity index is 2.35. The fraction of sp³-hybridized carbons (Fsp3) is 0.476. The largest absolute Gasteiger partial charge is 0.463 e. The number of amides is 1. The third-order valence-electron chi connectivity index (χ3n) is 4.28. The minimum Gasteiger partial charge on any atom is -0.463 e. The van der Waals surface area contributed by atoms with E-state index in [0.717, 1.165) is 27.7 Å². The van der Waals surface area contributed by atoms with Crippen LogP contribution in [0.15, 0.2) is 24.3 Å². The van der Waals surface area contributed by atoms with Gasteiger partial charge in [-0.2, -0.15) is 0 Å². The molecule has 2 rings (SSSR count). The standard InChI is InChI=1S/C21H24ClNO11/c1-10(24)29-9-16-17(30-11(2)25)18(31-12(3)26)19(32-13(4)27)20(34-16)23-21(28)33-15-7-5-14(22)6-8-15/h5-8,16-20H,9H2,1-4H3,(H,23,28)/t16-,17+,18+,19-,20-/m1/s1. The molecule has 34 heavy (non-hydrogen) atoms. The van der Waals surface area contributed by atoms with E-state index in [0.29, 0.717) is 5.02 Å². The second-order valence-corrected chi connectivity index (χ2v) is 7.54. The van der Waals surface area contributed by atoms with Crippen molar-refractivity contribution in [2.75, 3.05) is 6.61 Å². The Morgan fingerprint density at radius 3 is 1.88 bits per heavy atom. The molecule has 12 nitrogen and oxygen atoms in total. The maximum absolute atomic E-state index is 12.5. The van der Waals surface area contributed by atoms with Crippen LogP contribution in [0.1, 0.15) is 27.7 Å². The van der Waals surface area contributed by atoms with E-state index >= 15 is 0 Å². The van der Waals surface area contributed by atoms with Gasteiger partial charge in [0, 0.05) is 32.7 Å². The molecule has 0 bridgehead atoms. The first kappa shape index (κ1) is 26.9. The average Bonchev–Trinajstić information content (AvgIpc) is 2.71. The molecule has 1 N–H and O–H groups in total. The van der Waals surface area contributed by atoms with E-state index in [1.54, 1.807) is 0 Å². The summed E-state index contributed by atoms with van der Waals surface area (Å²) in [5, 5.41) is 2.79. The van der Waals surface area contributed by atoms with Crippen LogP contribution in [-0.2, 0) is 42.9 Å². The van der Waals surface area contributed by atoms with E-state index in [1.165, 1.54) is 24.3 Å². The Hall–Kier alpha value is -3.38. The molecule has 0 aliphatic carbocycles. The highest BCUT2D eigenvalue weighted by Crippen LogP contribution is 2.28. The van der Waals surface area contributed by atoms with Gasteiger partial charge in [-0.15, -0.1) is 0 Å². The fourth-order valence-electron chi connectivity index (χ4n) is 3.10. The first-order valence-electron chi connectivity index (χ1n) is 10.0. The summed E-state index contributed by atoms with van der Waals surface area (Å²) in [5.41, 5.74) is 0. The number of hydrogen-bond acceptors (Lipinski definition) is 11. The van der Waals surface area contributed by atoms with Crippen molar-refractivity contribution in [2.24, 2.45) is 0 Å². The van der Waals surface area contributed by atoms with Gasteiger partial charge < -0.3 is 28.4 Å². The number of carbonyl (C=O) groups excluding carboxylic acids is 5. The maximum atomic E-state index is 12.5. The normalized spacial score (nSPS) is 23.7. The van der Waals surface area contributed by atoms with Crippen molar-refractivity contribution in [3.63, 3.8) is 0 Å². The Morgan fingerprint density at radius 1 is 0.824 bits per heavy atom. The van der Waals surface area contributed by atoms with Crippen LogP contribution in [0.2, 0.25) is 5.02 Å². The number of rotatable bonds is 7. The van der Waals surface area contributed by atoms with Crippen LogP contribution in [0, 0.1) is 0 Å². The molecule has 1 fully saturated rings. The third-order valence-corrected chi connectivity index (χ3v) is 4.53. The Bertz CT molecular complexity index is 920.